The van der Waals surface area contributed by atoms with E-state index in [9.17, 15) is 0 Å². The highest BCUT2D eigenvalue weighted by molar-refractivity contribution is 6.30. The van der Waals surface area contributed by atoms with Gasteiger partial charge in [-0.2, -0.15) is 0 Å². The van der Waals surface area contributed by atoms with Crippen LogP contribution in [0.3, 0.4) is 0 Å². The predicted molar refractivity (Wildman–Crippen MR) is 31.9 cm³/mol. The van der Waals surface area contributed by atoms with E-state index in [-0.39, 0.29) is 28.1 Å². The fourth-order valence-electron chi connectivity index (χ4n) is 0. The molecule has 0 amide bonds. The van der Waals surface area contributed by atoms with Crippen molar-refractivity contribution in [2.45, 2.75) is 0 Å². The van der Waals surface area contributed by atoms with Crippen molar-refractivity contribution >= 4 is 7.32 Å². The molecule has 0 bridgehead atoms. The summed E-state index contributed by atoms with van der Waals surface area (Å²) in [4.78, 5) is 0. The molecule has 0 saturated heterocycles. The smallest absolute Gasteiger partial charge is 0.412 e. The van der Waals surface area contributed by atoms with Crippen LogP contribution in [0.25, 0.3) is 0 Å². The first-order valence-electron chi connectivity index (χ1n) is 0.775. The Kier molecular flexibility index (Phi) is 362. The van der Waals surface area contributed by atoms with Crippen molar-refractivity contribution in [3.63, 3.8) is 0 Å². The monoisotopic (exact) mass is 151 g/mol. The van der Waals surface area contributed by atoms with Crippen LogP contribution in [0.15, 0.2) is 0 Å². The van der Waals surface area contributed by atoms with Crippen LogP contribution in [-0.2, 0) is 0 Å². The Morgan fingerprint density at radius 1 is 0.667 bits per heavy atom. The van der Waals surface area contributed by atoms with Gasteiger partial charge in [-0.05, 0) is 0 Å². The highest BCUT2D eigenvalue weighted by Crippen LogP contribution is 1.40. The van der Waals surface area contributed by atoms with E-state index in [1.807, 2.05) is 0 Å². The van der Waals surface area contributed by atoms with Gasteiger partial charge >= 0.3 is 7.32 Å². The SMILES string of the molecule is N.O.O.O.O.OB(O)O. The average Bonchev–Trinajstić information content (AvgIpc) is 0.811. The van der Waals surface area contributed by atoms with E-state index in [2.05, 4.69) is 0 Å². The Labute approximate surface area is 51.7 Å². The molecule has 64 valence electrons. The van der Waals surface area contributed by atoms with Gasteiger partial charge in [-0.15, -0.1) is 0 Å². The third-order valence-electron chi connectivity index (χ3n) is 0. The summed E-state index contributed by atoms with van der Waals surface area (Å²) in [6.45, 7) is 0. The predicted octanol–water partition coefficient (Wildman–Crippen LogP) is -5.19. The van der Waals surface area contributed by atoms with Crippen LogP contribution in [-0.4, -0.2) is 44.3 Å². The van der Waals surface area contributed by atoms with Crippen molar-refractivity contribution in [2.75, 3.05) is 0 Å². The molecule has 9 heteroatoms. The van der Waals surface area contributed by atoms with Crippen LogP contribution in [0.5, 0.6) is 0 Å². The largest absolute Gasteiger partial charge is 0.631 e. The van der Waals surface area contributed by atoms with Crippen LogP contribution < -0.4 is 6.15 Å². The first-order valence-corrected chi connectivity index (χ1v) is 0.775. The van der Waals surface area contributed by atoms with Crippen LogP contribution >= 0.6 is 0 Å². The summed E-state index contributed by atoms with van der Waals surface area (Å²) in [6.07, 6.45) is 0. The minimum absolute atomic E-state index is 0. The van der Waals surface area contributed by atoms with Crippen LogP contribution in [0.1, 0.15) is 0 Å². The molecule has 0 aromatic rings. The van der Waals surface area contributed by atoms with E-state index in [4.69, 9.17) is 15.1 Å². The highest BCUT2D eigenvalue weighted by Gasteiger charge is 1.92. The van der Waals surface area contributed by atoms with Gasteiger partial charge < -0.3 is 43.1 Å². The third-order valence-corrected chi connectivity index (χ3v) is 0. The van der Waals surface area contributed by atoms with Crippen LogP contribution in [0.2, 0.25) is 0 Å². The quantitative estimate of drug-likeness (QED) is 0.249. The third kappa shape index (κ3) is 3930. The van der Waals surface area contributed by atoms with Gasteiger partial charge in [-0.1, -0.05) is 0 Å². The second-order valence-electron chi connectivity index (χ2n) is 0.346. The van der Waals surface area contributed by atoms with Crippen molar-refractivity contribution in [2.24, 2.45) is 0 Å². The zero-order valence-corrected chi connectivity index (χ0v) is 4.63. The Morgan fingerprint density at radius 3 is 0.667 bits per heavy atom. The average molecular weight is 151 g/mol. The maximum Gasteiger partial charge on any atom is 0.631 e. The molecule has 14 N–H and O–H groups in total. The fourth-order valence-corrected chi connectivity index (χ4v) is 0. The Bertz CT molecular complexity index is 13.6. The topological polar surface area (TPSA) is 222 Å². The summed E-state index contributed by atoms with van der Waals surface area (Å²) in [5, 5.41) is 21.5. The van der Waals surface area contributed by atoms with Gasteiger partial charge in [0.1, 0.15) is 0 Å². The molecule has 0 aliphatic heterocycles. The molecule has 0 unspecified atom stereocenters. The molecule has 0 aliphatic carbocycles. The first-order chi connectivity index (χ1) is 1.73. The zero-order valence-electron chi connectivity index (χ0n) is 4.63. The lowest BCUT2D eigenvalue weighted by Crippen LogP contribution is -2.07. The van der Waals surface area contributed by atoms with Crippen LogP contribution in [0, 0.1) is 0 Å². The van der Waals surface area contributed by atoms with Crippen molar-refractivity contribution in [3.8, 4) is 0 Å². The van der Waals surface area contributed by atoms with E-state index in [1.54, 1.807) is 0 Å². The van der Waals surface area contributed by atoms with E-state index in [0.717, 1.165) is 0 Å². The van der Waals surface area contributed by atoms with E-state index in [0.29, 0.717) is 0 Å². The fraction of sp³-hybridized carbons (Fsp3) is 0. The molecule has 0 fully saturated rings. The van der Waals surface area contributed by atoms with Gasteiger partial charge in [-0.25, -0.2) is 0 Å². The molecule has 0 heterocycles. The summed E-state index contributed by atoms with van der Waals surface area (Å²) in [7, 11) is -2.17. The Morgan fingerprint density at radius 2 is 0.667 bits per heavy atom. The highest BCUT2D eigenvalue weighted by atomic mass is 16.5. The molecule has 0 saturated carbocycles. The molecule has 9 heavy (non-hydrogen) atoms. The van der Waals surface area contributed by atoms with Crippen molar-refractivity contribution in [3.05, 3.63) is 0 Å². The molecule has 0 aromatic heterocycles. The van der Waals surface area contributed by atoms with Gasteiger partial charge in [0.15, 0.2) is 0 Å². The summed E-state index contributed by atoms with van der Waals surface area (Å²) in [5.74, 6) is 0. The Hall–Kier alpha value is -0.255. The van der Waals surface area contributed by atoms with Gasteiger partial charge in [-0.3, -0.25) is 0 Å². The molecule has 0 rings (SSSR count). The summed E-state index contributed by atoms with van der Waals surface area (Å²) < 4.78 is 0. The zero-order chi connectivity index (χ0) is 3.58. The number of rotatable bonds is 0. The second kappa shape index (κ2) is 46.8. The lowest BCUT2D eigenvalue weighted by molar-refractivity contribution is 0.278. The molecule has 0 radical (unpaired) electrons. The number of hydrogen-bond donors (Lipinski definition) is 4. The summed E-state index contributed by atoms with van der Waals surface area (Å²) in [6, 6.07) is 0. The molecule has 0 atom stereocenters. The molecular formula is H14BNO7. The maximum absolute atomic E-state index is 7.17. The van der Waals surface area contributed by atoms with Crippen molar-refractivity contribution in [1.29, 1.82) is 0 Å². The number of hydrogen-bond acceptors (Lipinski definition) is 4. The van der Waals surface area contributed by atoms with E-state index >= 15 is 0 Å². The van der Waals surface area contributed by atoms with E-state index < -0.39 is 7.32 Å². The maximum atomic E-state index is 7.17. The van der Waals surface area contributed by atoms with Gasteiger partial charge in [0, 0.05) is 0 Å². The molecular weight excluding hydrogens is 137 g/mol. The van der Waals surface area contributed by atoms with Gasteiger partial charge in [0.25, 0.3) is 0 Å². The lowest BCUT2D eigenvalue weighted by atomic mass is 10.3. The summed E-state index contributed by atoms with van der Waals surface area (Å²) in [5.41, 5.74) is 0. The second-order valence-corrected chi connectivity index (χ2v) is 0.346. The van der Waals surface area contributed by atoms with Gasteiger partial charge in [0.05, 0.1) is 0 Å². The van der Waals surface area contributed by atoms with Gasteiger partial charge in [0.2, 0.25) is 0 Å². The minimum Gasteiger partial charge on any atom is -0.412 e. The minimum atomic E-state index is -2.17. The molecule has 0 aromatic carbocycles. The lowest BCUT2D eigenvalue weighted by Gasteiger charge is -1.69. The Balaban J connectivity index is -0.00000000450. The van der Waals surface area contributed by atoms with E-state index in [1.165, 1.54) is 0 Å². The normalized spacial score (nSPS) is 3.00. The molecule has 8 nitrogen and oxygen atoms in total. The summed E-state index contributed by atoms with van der Waals surface area (Å²) >= 11 is 0. The molecule has 0 spiro atoms. The standard InChI is InChI=1S/BH3O3.H3N.4H2O/c2-1(3)4;;;;;/h2-4H;1H3;4*1H2. The van der Waals surface area contributed by atoms with Crippen molar-refractivity contribution in [1.82, 2.24) is 6.15 Å². The van der Waals surface area contributed by atoms with Crippen molar-refractivity contribution < 1.29 is 37.0 Å². The van der Waals surface area contributed by atoms with Crippen LogP contribution in [0.4, 0.5) is 0 Å². The molecule has 0 aliphatic rings. The first kappa shape index (κ1) is 69.6.